The Kier molecular flexibility index (Phi) is 6.47. The molecule has 1 aliphatic carbocycles. The third kappa shape index (κ3) is 4.51. The summed E-state index contributed by atoms with van der Waals surface area (Å²) in [4.78, 5) is 23.5. The lowest BCUT2D eigenvalue weighted by Crippen LogP contribution is -2.43. The van der Waals surface area contributed by atoms with Gasteiger partial charge in [-0.2, -0.15) is 0 Å². The minimum absolute atomic E-state index is 0.00398. The van der Waals surface area contributed by atoms with E-state index in [0.717, 1.165) is 32.1 Å². The standard InChI is InChI=1S/C14H23NO3/c1-3-4-10-13(16)15-12-9-7-5-6-8-11(12)14(17)18-2/h3,11-12H,1,4-10H2,2H3,(H,15,16)/t11-,12+/m1/s1. The fraction of sp³-hybridized carbons (Fsp3) is 0.714. The van der Waals surface area contributed by atoms with Gasteiger partial charge in [-0.25, -0.2) is 0 Å². The van der Waals surface area contributed by atoms with Crippen LogP contribution in [-0.4, -0.2) is 25.0 Å². The summed E-state index contributed by atoms with van der Waals surface area (Å²) in [5.41, 5.74) is 0. The van der Waals surface area contributed by atoms with Crippen LogP contribution in [0.5, 0.6) is 0 Å². The third-order valence-corrected chi connectivity index (χ3v) is 3.44. The molecule has 0 saturated heterocycles. The second-order valence-electron chi connectivity index (χ2n) is 4.77. The smallest absolute Gasteiger partial charge is 0.310 e. The first-order valence-electron chi connectivity index (χ1n) is 6.67. The van der Waals surface area contributed by atoms with Crippen LogP contribution in [-0.2, 0) is 14.3 Å². The van der Waals surface area contributed by atoms with Crippen molar-refractivity contribution in [3.05, 3.63) is 12.7 Å². The highest BCUT2D eigenvalue weighted by molar-refractivity contribution is 5.78. The molecule has 1 rings (SSSR count). The molecule has 1 N–H and O–H groups in total. The quantitative estimate of drug-likeness (QED) is 0.464. The maximum atomic E-state index is 11.7. The first-order chi connectivity index (χ1) is 8.69. The molecule has 1 amide bonds. The molecule has 0 aromatic carbocycles. The summed E-state index contributed by atoms with van der Waals surface area (Å²) in [6.07, 6.45) is 7.70. The molecule has 0 heterocycles. The molecule has 0 radical (unpaired) electrons. The van der Waals surface area contributed by atoms with E-state index < -0.39 is 0 Å². The lowest BCUT2D eigenvalue weighted by molar-refractivity contribution is -0.147. The largest absolute Gasteiger partial charge is 0.469 e. The molecule has 0 bridgehead atoms. The molecule has 0 aromatic rings. The second kappa shape index (κ2) is 7.90. The SMILES string of the molecule is C=CCCC(=O)N[C@H]1CCCCC[C@H]1C(=O)OC. The Hall–Kier alpha value is -1.32. The van der Waals surface area contributed by atoms with E-state index in [2.05, 4.69) is 11.9 Å². The average molecular weight is 253 g/mol. The zero-order valence-corrected chi connectivity index (χ0v) is 11.1. The molecule has 18 heavy (non-hydrogen) atoms. The van der Waals surface area contributed by atoms with Gasteiger partial charge < -0.3 is 10.1 Å². The minimum Gasteiger partial charge on any atom is -0.469 e. The molecule has 1 fully saturated rings. The molecular weight excluding hydrogens is 230 g/mol. The van der Waals surface area contributed by atoms with Gasteiger partial charge in [-0.15, -0.1) is 6.58 Å². The number of nitrogens with one attached hydrogen (secondary N) is 1. The van der Waals surface area contributed by atoms with Crippen LogP contribution in [0.4, 0.5) is 0 Å². The fourth-order valence-electron chi connectivity index (χ4n) is 2.43. The van der Waals surface area contributed by atoms with E-state index in [1.54, 1.807) is 6.08 Å². The molecule has 4 nitrogen and oxygen atoms in total. The van der Waals surface area contributed by atoms with E-state index in [1.165, 1.54) is 7.11 Å². The van der Waals surface area contributed by atoms with Gasteiger partial charge in [-0.1, -0.05) is 25.3 Å². The molecular formula is C14H23NO3. The number of esters is 1. The van der Waals surface area contributed by atoms with Gasteiger partial charge in [0.05, 0.1) is 13.0 Å². The monoisotopic (exact) mass is 253 g/mol. The van der Waals surface area contributed by atoms with Gasteiger partial charge in [0.1, 0.15) is 0 Å². The lowest BCUT2D eigenvalue weighted by Gasteiger charge is -2.24. The number of rotatable bonds is 5. The lowest BCUT2D eigenvalue weighted by atomic mass is 9.94. The van der Waals surface area contributed by atoms with E-state index in [-0.39, 0.29) is 23.8 Å². The summed E-state index contributed by atoms with van der Waals surface area (Å²) >= 11 is 0. The Morgan fingerprint density at radius 1 is 1.33 bits per heavy atom. The highest BCUT2D eigenvalue weighted by Crippen LogP contribution is 2.24. The third-order valence-electron chi connectivity index (χ3n) is 3.44. The normalized spacial score (nSPS) is 23.8. The predicted molar refractivity (Wildman–Crippen MR) is 70.0 cm³/mol. The van der Waals surface area contributed by atoms with Crippen LogP contribution in [0.25, 0.3) is 0 Å². The predicted octanol–water partition coefficient (Wildman–Crippen LogP) is 2.19. The molecule has 0 aromatic heterocycles. The van der Waals surface area contributed by atoms with Crippen molar-refractivity contribution in [2.24, 2.45) is 5.92 Å². The van der Waals surface area contributed by atoms with Crippen LogP contribution in [0.15, 0.2) is 12.7 Å². The zero-order valence-electron chi connectivity index (χ0n) is 11.1. The van der Waals surface area contributed by atoms with Crippen LogP contribution in [0, 0.1) is 5.92 Å². The van der Waals surface area contributed by atoms with Gasteiger partial charge in [0.25, 0.3) is 0 Å². The summed E-state index contributed by atoms with van der Waals surface area (Å²) < 4.78 is 4.83. The van der Waals surface area contributed by atoms with Crippen LogP contribution in [0.1, 0.15) is 44.9 Å². The number of carbonyl (C=O) groups excluding carboxylic acids is 2. The topological polar surface area (TPSA) is 55.4 Å². The Morgan fingerprint density at radius 2 is 2.06 bits per heavy atom. The molecule has 1 saturated carbocycles. The maximum Gasteiger partial charge on any atom is 0.310 e. The summed E-state index contributed by atoms with van der Waals surface area (Å²) in [6, 6.07) is -0.0720. The van der Waals surface area contributed by atoms with E-state index >= 15 is 0 Å². The van der Waals surface area contributed by atoms with Crippen LogP contribution in [0.3, 0.4) is 0 Å². The summed E-state index contributed by atoms with van der Waals surface area (Å²) in [5.74, 6) is -0.396. The van der Waals surface area contributed by atoms with Gasteiger partial charge in [0.2, 0.25) is 5.91 Å². The summed E-state index contributed by atoms with van der Waals surface area (Å²) in [7, 11) is 1.41. The highest BCUT2D eigenvalue weighted by Gasteiger charge is 2.31. The molecule has 102 valence electrons. The molecule has 2 atom stereocenters. The molecule has 0 spiro atoms. The second-order valence-corrected chi connectivity index (χ2v) is 4.77. The Labute approximate surface area is 109 Å². The van der Waals surface area contributed by atoms with Crippen molar-refractivity contribution >= 4 is 11.9 Å². The van der Waals surface area contributed by atoms with E-state index in [1.807, 2.05) is 0 Å². The summed E-state index contributed by atoms with van der Waals surface area (Å²) in [5, 5.41) is 2.97. The van der Waals surface area contributed by atoms with E-state index in [4.69, 9.17) is 4.74 Å². The number of methoxy groups -OCH3 is 1. The highest BCUT2D eigenvalue weighted by atomic mass is 16.5. The van der Waals surface area contributed by atoms with Gasteiger partial charge in [-0.05, 0) is 19.3 Å². The number of hydrogen-bond acceptors (Lipinski definition) is 3. The van der Waals surface area contributed by atoms with Crippen molar-refractivity contribution in [1.29, 1.82) is 0 Å². The van der Waals surface area contributed by atoms with Crippen molar-refractivity contribution < 1.29 is 14.3 Å². The minimum atomic E-state index is -0.203. The number of hydrogen-bond donors (Lipinski definition) is 1. The van der Waals surface area contributed by atoms with Gasteiger partial charge >= 0.3 is 5.97 Å². The Morgan fingerprint density at radius 3 is 2.72 bits per heavy atom. The number of carbonyl (C=O) groups is 2. The van der Waals surface area contributed by atoms with Gasteiger partial charge in [-0.3, -0.25) is 9.59 Å². The average Bonchev–Trinajstić information content (AvgIpc) is 2.61. The van der Waals surface area contributed by atoms with Crippen molar-refractivity contribution in [1.82, 2.24) is 5.32 Å². The number of amides is 1. The van der Waals surface area contributed by atoms with Crippen LogP contribution >= 0.6 is 0 Å². The summed E-state index contributed by atoms with van der Waals surface area (Å²) in [6.45, 7) is 3.60. The molecule has 0 aliphatic heterocycles. The number of allylic oxidation sites excluding steroid dienone is 1. The van der Waals surface area contributed by atoms with Crippen molar-refractivity contribution in [2.75, 3.05) is 7.11 Å². The Bertz CT molecular complexity index is 301. The van der Waals surface area contributed by atoms with Crippen LogP contribution < -0.4 is 5.32 Å². The molecule has 4 heteroatoms. The van der Waals surface area contributed by atoms with Crippen molar-refractivity contribution in [3.63, 3.8) is 0 Å². The fourth-order valence-corrected chi connectivity index (χ4v) is 2.43. The number of ether oxygens (including phenoxy) is 1. The van der Waals surface area contributed by atoms with E-state index in [9.17, 15) is 9.59 Å². The van der Waals surface area contributed by atoms with Gasteiger partial charge in [0.15, 0.2) is 0 Å². The van der Waals surface area contributed by atoms with Crippen molar-refractivity contribution in [2.45, 2.75) is 51.0 Å². The van der Waals surface area contributed by atoms with Gasteiger partial charge in [0, 0.05) is 12.5 Å². The van der Waals surface area contributed by atoms with Crippen LogP contribution in [0.2, 0.25) is 0 Å². The first-order valence-corrected chi connectivity index (χ1v) is 6.67. The zero-order chi connectivity index (χ0) is 13.4. The molecule has 1 aliphatic rings. The first kappa shape index (κ1) is 14.7. The van der Waals surface area contributed by atoms with Crippen molar-refractivity contribution in [3.8, 4) is 0 Å². The van der Waals surface area contributed by atoms with E-state index in [0.29, 0.717) is 12.8 Å². The molecule has 0 unspecified atom stereocenters. The Balaban J connectivity index is 2.58. The maximum absolute atomic E-state index is 11.7.